The number of hydrogen-bond acceptors (Lipinski definition) is 4. The van der Waals surface area contributed by atoms with Crippen LogP contribution in [0.2, 0.25) is 0 Å². The Morgan fingerprint density at radius 1 is 1.50 bits per heavy atom. The first kappa shape index (κ1) is 10.1. The molecular formula is C9H16N2O2S. The normalized spacial score (nSPS) is 32.1. The summed E-state index contributed by atoms with van der Waals surface area (Å²) in [6.45, 7) is 1.69. The molecule has 1 unspecified atom stereocenters. The van der Waals surface area contributed by atoms with Gasteiger partial charge in [0.25, 0.3) is 0 Å². The molecule has 0 amide bonds. The first-order chi connectivity index (χ1) is 6.55. The highest BCUT2D eigenvalue weighted by Crippen LogP contribution is 2.25. The highest BCUT2D eigenvalue weighted by atomic mass is 32.2. The van der Waals surface area contributed by atoms with Crippen LogP contribution in [0, 0.1) is 5.92 Å². The van der Waals surface area contributed by atoms with Crippen LogP contribution >= 0.6 is 0 Å². The summed E-state index contributed by atoms with van der Waals surface area (Å²) in [6, 6.07) is 0.0930. The SMILES string of the molecule is NC1C=C(CC2CS(=O)(=O)C2)CNC1. The fraction of sp³-hybridized carbons (Fsp3) is 0.778. The summed E-state index contributed by atoms with van der Waals surface area (Å²) >= 11 is 0. The van der Waals surface area contributed by atoms with Crippen molar-refractivity contribution in [1.29, 1.82) is 0 Å². The van der Waals surface area contributed by atoms with Gasteiger partial charge in [0.1, 0.15) is 0 Å². The van der Waals surface area contributed by atoms with Crippen molar-refractivity contribution in [3.05, 3.63) is 11.6 Å². The molecule has 2 aliphatic heterocycles. The molecule has 4 nitrogen and oxygen atoms in total. The lowest BCUT2D eigenvalue weighted by molar-refractivity contribution is 0.506. The van der Waals surface area contributed by atoms with Gasteiger partial charge in [-0.2, -0.15) is 0 Å². The van der Waals surface area contributed by atoms with Crippen LogP contribution in [0.3, 0.4) is 0 Å². The number of nitrogens with two attached hydrogens (primary N) is 1. The van der Waals surface area contributed by atoms with Gasteiger partial charge in [0.15, 0.2) is 9.84 Å². The average molecular weight is 216 g/mol. The van der Waals surface area contributed by atoms with Crippen molar-refractivity contribution >= 4 is 9.84 Å². The second-order valence-electron chi connectivity index (χ2n) is 4.27. The summed E-state index contributed by atoms with van der Waals surface area (Å²) < 4.78 is 21.9. The summed E-state index contributed by atoms with van der Waals surface area (Å²) in [5.41, 5.74) is 7.02. The van der Waals surface area contributed by atoms with E-state index in [1.807, 2.05) is 0 Å². The lowest BCUT2D eigenvalue weighted by atomic mass is 9.98. The van der Waals surface area contributed by atoms with E-state index >= 15 is 0 Å². The molecule has 80 valence electrons. The van der Waals surface area contributed by atoms with E-state index in [1.165, 1.54) is 5.57 Å². The zero-order chi connectivity index (χ0) is 10.2. The first-order valence-corrected chi connectivity index (χ1v) is 6.73. The Kier molecular flexibility index (Phi) is 2.64. The molecule has 3 N–H and O–H groups in total. The second kappa shape index (κ2) is 3.64. The van der Waals surface area contributed by atoms with Crippen LogP contribution < -0.4 is 11.1 Å². The minimum Gasteiger partial charge on any atom is -0.323 e. The van der Waals surface area contributed by atoms with Crippen molar-refractivity contribution in [1.82, 2.24) is 5.32 Å². The van der Waals surface area contributed by atoms with Gasteiger partial charge in [-0.05, 0) is 12.3 Å². The molecule has 1 saturated heterocycles. The minimum absolute atomic E-state index is 0.0930. The Hall–Kier alpha value is -0.390. The Bertz CT molecular complexity index is 336. The van der Waals surface area contributed by atoms with Crippen LogP contribution in [0.5, 0.6) is 0 Å². The summed E-state index contributed by atoms with van der Waals surface area (Å²) in [6.07, 6.45) is 2.96. The van der Waals surface area contributed by atoms with Gasteiger partial charge in [0, 0.05) is 19.1 Å². The molecule has 0 aromatic rings. The van der Waals surface area contributed by atoms with E-state index in [0.717, 1.165) is 19.5 Å². The van der Waals surface area contributed by atoms with Gasteiger partial charge >= 0.3 is 0 Å². The van der Waals surface area contributed by atoms with Crippen molar-refractivity contribution in [2.75, 3.05) is 24.6 Å². The van der Waals surface area contributed by atoms with Crippen molar-refractivity contribution in [3.63, 3.8) is 0 Å². The van der Waals surface area contributed by atoms with Crippen LogP contribution in [0.4, 0.5) is 0 Å². The van der Waals surface area contributed by atoms with Gasteiger partial charge in [-0.25, -0.2) is 8.42 Å². The number of hydrogen-bond donors (Lipinski definition) is 2. The molecule has 0 spiro atoms. The maximum Gasteiger partial charge on any atom is 0.150 e. The van der Waals surface area contributed by atoms with Crippen LogP contribution in [0.25, 0.3) is 0 Å². The van der Waals surface area contributed by atoms with Crippen molar-refractivity contribution < 1.29 is 8.42 Å². The minimum atomic E-state index is -2.67. The van der Waals surface area contributed by atoms with Crippen LogP contribution in [0.15, 0.2) is 11.6 Å². The Morgan fingerprint density at radius 2 is 2.21 bits per heavy atom. The monoisotopic (exact) mass is 216 g/mol. The zero-order valence-corrected chi connectivity index (χ0v) is 8.89. The van der Waals surface area contributed by atoms with Gasteiger partial charge in [-0.1, -0.05) is 11.6 Å². The maximum atomic E-state index is 10.9. The van der Waals surface area contributed by atoms with Crippen LogP contribution in [-0.4, -0.2) is 39.1 Å². The smallest absolute Gasteiger partial charge is 0.150 e. The van der Waals surface area contributed by atoms with Gasteiger partial charge in [0.2, 0.25) is 0 Å². The predicted octanol–water partition coefficient (Wildman–Crippen LogP) is -0.722. The summed E-state index contributed by atoms with van der Waals surface area (Å²) in [4.78, 5) is 0. The van der Waals surface area contributed by atoms with Crippen molar-refractivity contribution in [2.24, 2.45) is 11.7 Å². The largest absolute Gasteiger partial charge is 0.323 e. The van der Waals surface area contributed by atoms with Crippen LogP contribution in [0.1, 0.15) is 6.42 Å². The lowest BCUT2D eigenvalue weighted by Crippen LogP contribution is -2.41. The molecule has 0 aromatic heterocycles. The third-order valence-corrected chi connectivity index (χ3v) is 4.67. The van der Waals surface area contributed by atoms with Gasteiger partial charge in [-0.15, -0.1) is 0 Å². The van der Waals surface area contributed by atoms with E-state index in [-0.39, 0.29) is 6.04 Å². The summed E-state index contributed by atoms with van der Waals surface area (Å²) in [5, 5.41) is 3.22. The summed E-state index contributed by atoms with van der Waals surface area (Å²) in [5.74, 6) is 1.05. The molecule has 14 heavy (non-hydrogen) atoms. The van der Waals surface area contributed by atoms with Gasteiger partial charge < -0.3 is 11.1 Å². The fourth-order valence-electron chi connectivity index (χ4n) is 2.12. The molecule has 0 saturated carbocycles. The van der Waals surface area contributed by atoms with E-state index in [2.05, 4.69) is 11.4 Å². The molecule has 2 rings (SSSR count). The Labute approximate surface area is 84.5 Å². The van der Waals surface area contributed by atoms with E-state index in [4.69, 9.17) is 5.73 Å². The van der Waals surface area contributed by atoms with Gasteiger partial charge in [0.05, 0.1) is 11.5 Å². The number of nitrogens with one attached hydrogen (secondary N) is 1. The molecule has 0 radical (unpaired) electrons. The Morgan fingerprint density at radius 3 is 2.79 bits per heavy atom. The van der Waals surface area contributed by atoms with Crippen molar-refractivity contribution in [2.45, 2.75) is 12.5 Å². The number of sulfone groups is 1. The zero-order valence-electron chi connectivity index (χ0n) is 8.07. The standard InChI is InChI=1S/C9H16N2O2S/c10-9-2-7(3-11-4-9)1-8-5-14(12,13)6-8/h2,8-9,11H,1,3-6,10H2. The maximum absolute atomic E-state index is 10.9. The molecule has 1 atom stereocenters. The number of rotatable bonds is 2. The summed E-state index contributed by atoms with van der Waals surface area (Å²) in [7, 11) is -2.67. The first-order valence-electron chi connectivity index (χ1n) is 4.91. The third kappa shape index (κ3) is 2.34. The molecule has 0 aliphatic carbocycles. The third-order valence-electron chi connectivity index (χ3n) is 2.71. The fourth-order valence-corrected chi connectivity index (χ4v) is 3.69. The average Bonchev–Trinajstić information content (AvgIpc) is 2.00. The quantitative estimate of drug-likeness (QED) is 0.597. The van der Waals surface area contributed by atoms with E-state index in [0.29, 0.717) is 17.4 Å². The van der Waals surface area contributed by atoms with E-state index in [9.17, 15) is 8.42 Å². The predicted molar refractivity (Wildman–Crippen MR) is 55.7 cm³/mol. The molecule has 1 fully saturated rings. The Balaban J connectivity index is 1.87. The van der Waals surface area contributed by atoms with E-state index < -0.39 is 9.84 Å². The molecule has 5 heteroatoms. The molecule has 2 aliphatic rings. The highest BCUT2D eigenvalue weighted by Gasteiger charge is 2.33. The topological polar surface area (TPSA) is 72.2 Å². The molecular weight excluding hydrogens is 200 g/mol. The van der Waals surface area contributed by atoms with Crippen molar-refractivity contribution in [3.8, 4) is 0 Å². The van der Waals surface area contributed by atoms with E-state index in [1.54, 1.807) is 0 Å². The highest BCUT2D eigenvalue weighted by molar-refractivity contribution is 7.92. The lowest BCUT2D eigenvalue weighted by Gasteiger charge is -2.28. The second-order valence-corrected chi connectivity index (χ2v) is 6.42. The molecule has 0 aromatic carbocycles. The van der Waals surface area contributed by atoms with Gasteiger partial charge in [-0.3, -0.25) is 0 Å². The molecule has 2 heterocycles. The molecule has 0 bridgehead atoms. The van der Waals surface area contributed by atoms with Crippen LogP contribution in [-0.2, 0) is 9.84 Å².